The Hall–Kier alpha value is -3.02. The van der Waals surface area contributed by atoms with E-state index in [4.69, 9.17) is 9.47 Å². The normalized spacial score (nSPS) is 20.9. The number of piperidine rings is 1. The first kappa shape index (κ1) is 17.4. The van der Waals surface area contributed by atoms with Gasteiger partial charge in [-0.15, -0.1) is 0 Å². The van der Waals surface area contributed by atoms with Crippen molar-refractivity contribution in [1.29, 1.82) is 0 Å². The molecule has 1 spiro atoms. The molecule has 140 valence electrons. The van der Waals surface area contributed by atoms with E-state index < -0.39 is 5.60 Å². The van der Waals surface area contributed by atoms with Crippen LogP contribution in [-0.2, 0) is 10.3 Å². The van der Waals surface area contributed by atoms with E-state index in [9.17, 15) is 9.59 Å². The Kier molecular flexibility index (Phi) is 4.48. The van der Waals surface area contributed by atoms with Gasteiger partial charge in [-0.25, -0.2) is 9.59 Å². The summed E-state index contributed by atoms with van der Waals surface area (Å²) in [6.45, 7) is 3.51. The van der Waals surface area contributed by atoms with Gasteiger partial charge in [0.25, 0.3) is 0 Å². The molecule has 4 rings (SSSR count). The van der Waals surface area contributed by atoms with E-state index in [1.807, 2.05) is 49.4 Å². The maximum atomic E-state index is 12.8. The average Bonchev–Trinajstić information content (AvgIpc) is 2.95. The van der Waals surface area contributed by atoms with Crippen LogP contribution in [0, 0.1) is 0 Å². The predicted octanol–water partition coefficient (Wildman–Crippen LogP) is 3.78. The summed E-state index contributed by atoms with van der Waals surface area (Å²) >= 11 is 0. The first-order valence-electron chi connectivity index (χ1n) is 9.23. The Bertz CT molecular complexity index is 865. The summed E-state index contributed by atoms with van der Waals surface area (Å²) in [4.78, 5) is 26.7. The number of ether oxygens (including phenoxy) is 2. The topological polar surface area (TPSA) is 67.9 Å². The summed E-state index contributed by atoms with van der Waals surface area (Å²) in [7, 11) is 0. The van der Waals surface area contributed by atoms with E-state index in [1.165, 1.54) is 0 Å². The average molecular weight is 366 g/mol. The van der Waals surface area contributed by atoms with Gasteiger partial charge in [-0.2, -0.15) is 0 Å². The SMILES string of the molecule is CCOc1ccc(NC(=O)N2CCCC3(C2)OC(=O)c2ccccc23)cc1. The van der Waals surface area contributed by atoms with Gasteiger partial charge in [0.1, 0.15) is 5.75 Å². The number of esters is 1. The fourth-order valence-electron chi connectivity index (χ4n) is 3.85. The third kappa shape index (κ3) is 3.23. The minimum absolute atomic E-state index is 0.196. The Morgan fingerprint density at radius 3 is 2.78 bits per heavy atom. The van der Waals surface area contributed by atoms with Gasteiger partial charge >= 0.3 is 12.0 Å². The van der Waals surface area contributed by atoms with Crippen LogP contribution < -0.4 is 10.1 Å². The monoisotopic (exact) mass is 366 g/mol. The summed E-state index contributed by atoms with van der Waals surface area (Å²) in [5.41, 5.74) is 1.45. The van der Waals surface area contributed by atoms with Crippen molar-refractivity contribution in [3.05, 3.63) is 59.7 Å². The minimum atomic E-state index is -0.734. The second-order valence-corrected chi connectivity index (χ2v) is 6.84. The molecule has 0 radical (unpaired) electrons. The lowest BCUT2D eigenvalue weighted by atomic mass is 9.85. The van der Waals surface area contributed by atoms with E-state index in [0.717, 1.165) is 24.2 Å². The van der Waals surface area contributed by atoms with Crippen molar-refractivity contribution in [2.75, 3.05) is 25.0 Å². The Balaban J connectivity index is 1.49. The highest BCUT2D eigenvalue weighted by molar-refractivity contribution is 5.95. The molecule has 2 amide bonds. The fourth-order valence-corrected chi connectivity index (χ4v) is 3.85. The van der Waals surface area contributed by atoms with Gasteiger partial charge in [-0.3, -0.25) is 0 Å². The summed E-state index contributed by atoms with van der Waals surface area (Å²) in [5.74, 6) is 0.460. The minimum Gasteiger partial charge on any atom is -0.494 e. The van der Waals surface area contributed by atoms with Crippen LogP contribution in [0.5, 0.6) is 5.75 Å². The molecule has 1 atom stereocenters. The molecule has 2 aliphatic heterocycles. The number of likely N-dealkylation sites (tertiary alicyclic amines) is 1. The molecule has 27 heavy (non-hydrogen) atoms. The van der Waals surface area contributed by atoms with Gasteiger partial charge in [0.15, 0.2) is 5.60 Å². The number of nitrogens with one attached hydrogen (secondary N) is 1. The number of carbonyl (C=O) groups is 2. The lowest BCUT2D eigenvalue weighted by molar-refractivity contribution is -0.0400. The molecule has 0 aliphatic carbocycles. The van der Waals surface area contributed by atoms with E-state index in [1.54, 1.807) is 11.0 Å². The van der Waals surface area contributed by atoms with Gasteiger partial charge in [-0.1, -0.05) is 18.2 Å². The zero-order valence-electron chi connectivity index (χ0n) is 15.2. The number of carbonyl (C=O) groups excluding carboxylic acids is 2. The predicted molar refractivity (Wildman–Crippen MR) is 101 cm³/mol. The number of fused-ring (bicyclic) bond motifs is 2. The van der Waals surface area contributed by atoms with Crippen LogP contribution in [0.25, 0.3) is 0 Å². The van der Waals surface area contributed by atoms with Crippen molar-refractivity contribution in [3.8, 4) is 5.75 Å². The molecular formula is C21H22N2O4. The van der Waals surface area contributed by atoms with E-state index in [-0.39, 0.29) is 12.0 Å². The van der Waals surface area contributed by atoms with Crippen molar-refractivity contribution in [1.82, 2.24) is 4.90 Å². The zero-order chi connectivity index (χ0) is 18.9. The van der Waals surface area contributed by atoms with Crippen molar-refractivity contribution in [3.63, 3.8) is 0 Å². The van der Waals surface area contributed by atoms with E-state index in [2.05, 4.69) is 5.32 Å². The first-order chi connectivity index (χ1) is 13.1. The van der Waals surface area contributed by atoms with Crippen LogP contribution >= 0.6 is 0 Å². The number of benzene rings is 2. The molecule has 0 saturated carbocycles. The first-order valence-corrected chi connectivity index (χ1v) is 9.23. The third-order valence-corrected chi connectivity index (χ3v) is 5.08. The highest BCUT2D eigenvalue weighted by atomic mass is 16.6. The maximum Gasteiger partial charge on any atom is 0.339 e. The van der Waals surface area contributed by atoms with Crippen molar-refractivity contribution in [2.24, 2.45) is 0 Å². The smallest absolute Gasteiger partial charge is 0.339 e. The maximum absolute atomic E-state index is 12.8. The fraction of sp³-hybridized carbons (Fsp3) is 0.333. The molecule has 2 aromatic carbocycles. The van der Waals surface area contributed by atoms with Gasteiger partial charge < -0.3 is 19.7 Å². The number of urea groups is 1. The van der Waals surface area contributed by atoms with Crippen molar-refractivity contribution < 1.29 is 19.1 Å². The summed E-state index contributed by atoms with van der Waals surface area (Å²) < 4.78 is 11.2. The Morgan fingerprint density at radius 2 is 2.00 bits per heavy atom. The molecule has 2 aromatic rings. The highest BCUT2D eigenvalue weighted by Crippen LogP contribution is 2.42. The van der Waals surface area contributed by atoms with E-state index in [0.29, 0.717) is 30.9 Å². The summed E-state index contributed by atoms with van der Waals surface area (Å²) in [6, 6.07) is 14.5. The molecule has 1 unspecified atom stereocenters. The number of hydrogen-bond acceptors (Lipinski definition) is 4. The Morgan fingerprint density at radius 1 is 1.22 bits per heavy atom. The van der Waals surface area contributed by atoms with Gasteiger partial charge in [-0.05, 0) is 50.1 Å². The summed E-state index contributed by atoms with van der Waals surface area (Å²) in [6.07, 6.45) is 1.50. The van der Waals surface area contributed by atoms with Crippen LogP contribution in [0.4, 0.5) is 10.5 Å². The quantitative estimate of drug-likeness (QED) is 0.840. The van der Waals surface area contributed by atoms with Crippen molar-refractivity contribution in [2.45, 2.75) is 25.4 Å². The second kappa shape index (κ2) is 6.95. The molecule has 0 bridgehead atoms. The Labute approximate surface area is 158 Å². The largest absolute Gasteiger partial charge is 0.494 e. The van der Waals surface area contributed by atoms with Crippen LogP contribution in [0.3, 0.4) is 0 Å². The standard InChI is InChI=1S/C21H22N2O4/c1-2-26-16-10-8-15(9-11-16)22-20(25)23-13-5-12-21(14-23)18-7-4-3-6-17(18)19(24)27-21/h3-4,6-11H,2,5,12-14H2,1H3,(H,22,25). The number of hydrogen-bond donors (Lipinski definition) is 1. The lowest BCUT2D eigenvalue weighted by Crippen LogP contribution is -2.50. The highest BCUT2D eigenvalue weighted by Gasteiger charge is 2.48. The molecule has 0 aromatic heterocycles. The van der Waals surface area contributed by atoms with Gasteiger partial charge in [0.05, 0.1) is 18.7 Å². The van der Waals surface area contributed by atoms with Gasteiger partial charge in [0.2, 0.25) is 0 Å². The molecule has 2 heterocycles. The number of nitrogens with zero attached hydrogens (tertiary/aromatic N) is 1. The molecule has 1 saturated heterocycles. The summed E-state index contributed by atoms with van der Waals surface area (Å²) in [5, 5.41) is 2.91. The van der Waals surface area contributed by atoms with Crippen LogP contribution in [-0.4, -0.2) is 36.6 Å². The molecular weight excluding hydrogens is 344 g/mol. The van der Waals surface area contributed by atoms with E-state index >= 15 is 0 Å². The molecule has 6 heteroatoms. The van der Waals surface area contributed by atoms with Gasteiger partial charge in [0, 0.05) is 17.8 Å². The molecule has 2 aliphatic rings. The number of anilines is 1. The molecule has 1 fully saturated rings. The van der Waals surface area contributed by atoms with Crippen molar-refractivity contribution >= 4 is 17.7 Å². The number of rotatable bonds is 3. The second-order valence-electron chi connectivity index (χ2n) is 6.84. The molecule has 6 nitrogen and oxygen atoms in total. The third-order valence-electron chi connectivity index (χ3n) is 5.08. The zero-order valence-corrected chi connectivity index (χ0v) is 15.2. The van der Waals surface area contributed by atoms with Crippen LogP contribution in [0.1, 0.15) is 35.7 Å². The number of amides is 2. The lowest BCUT2D eigenvalue weighted by Gasteiger charge is -2.39. The molecule has 1 N–H and O–H groups in total. The van der Waals surface area contributed by atoms with Crippen LogP contribution in [0.2, 0.25) is 0 Å². The van der Waals surface area contributed by atoms with Crippen LogP contribution in [0.15, 0.2) is 48.5 Å².